The monoisotopic (exact) mass is 324 g/mol. The number of carbonyl (C=O) groups is 2. The third-order valence-corrected chi connectivity index (χ3v) is 3.59. The van der Waals surface area contributed by atoms with Crippen molar-refractivity contribution in [1.29, 1.82) is 0 Å². The van der Waals surface area contributed by atoms with Crippen LogP contribution in [0.3, 0.4) is 0 Å². The minimum Gasteiger partial charge on any atom is -0.267 e. The summed E-state index contributed by atoms with van der Waals surface area (Å²) in [6.07, 6.45) is 0. The molecule has 0 fully saturated rings. The molecule has 2 amide bonds. The molecule has 2 rings (SSSR count). The summed E-state index contributed by atoms with van der Waals surface area (Å²) in [6, 6.07) is 14.6. The van der Waals surface area contributed by atoms with Crippen molar-refractivity contribution in [3.8, 4) is 0 Å². The van der Waals surface area contributed by atoms with Crippen molar-refractivity contribution in [3.05, 3.63) is 70.8 Å². The second-order valence-electron chi connectivity index (χ2n) is 6.99. The zero-order valence-corrected chi connectivity index (χ0v) is 14.9. The van der Waals surface area contributed by atoms with E-state index in [0.717, 1.165) is 11.1 Å². The first-order valence-electron chi connectivity index (χ1n) is 7.97. The van der Waals surface area contributed by atoms with Crippen LogP contribution in [0.4, 0.5) is 0 Å². The van der Waals surface area contributed by atoms with E-state index >= 15 is 0 Å². The molecule has 0 radical (unpaired) electrons. The van der Waals surface area contributed by atoms with E-state index in [4.69, 9.17) is 0 Å². The van der Waals surface area contributed by atoms with Crippen LogP contribution in [-0.4, -0.2) is 22.4 Å². The molecular formula is C20H24N2O2. The fourth-order valence-electron chi connectivity index (χ4n) is 2.51. The minimum absolute atomic E-state index is 0.224. The van der Waals surface area contributed by atoms with Crippen LogP contribution in [0.5, 0.6) is 0 Å². The Kier molecular flexibility index (Phi) is 5.07. The van der Waals surface area contributed by atoms with E-state index in [0.29, 0.717) is 11.1 Å². The van der Waals surface area contributed by atoms with Gasteiger partial charge in [-0.05, 0) is 58.9 Å². The van der Waals surface area contributed by atoms with Crippen molar-refractivity contribution < 1.29 is 9.59 Å². The number of aryl methyl sites for hydroxylation is 2. The Hall–Kier alpha value is -2.62. The third-order valence-electron chi connectivity index (χ3n) is 3.59. The highest BCUT2D eigenvalue weighted by Gasteiger charge is 2.29. The number of nitrogens with zero attached hydrogens (tertiary/aromatic N) is 1. The third kappa shape index (κ3) is 4.22. The molecule has 24 heavy (non-hydrogen) atoms. The lowest BCUT2D eigenvalue weighted by Gasteiger charge is -2.35. The molecule has 4 heteroatoms. The van der Waals surface area contributed by atoms with E-state index in [-0.39, 0.29) is 11.8 Å². The van der Waals surface area contributed by atoms with Crippen LogP contribution < -0.4 is 5.43 Å². The van der Waals surface area contributed by atoms with Gasteiger partial charge in [-0.15, -0.1) is 0 Å². The molecule has 0 aromatic heterocycles. The van der Waals surface area contributed by atoms with Gasteiger partial charge in [0, 0.05) is 11.1 Å². The molecule has 0 atom stereocenters. The maximum Gasteiger partial charge on any atom is 0.272 e. The van der Waals surface area contributed by atoms with Gasteiger partial charge in [0.25, 0.3) is 11.8 Å². The molecule has 1 N–H and O–H groups in total. The van der Waals surface area contributed by atoms with Gasteiger partial charge in [0.2, 0.25) is 0 Å². The molecule has 0 heterocycles. The van der Waals surface area contributed by atoms with Crippen LogP contribution in [0.2, 0.25) is 0 Å². The van der Waals surface area contributed by atoms with Gasteiger partial charge >= 0.3 is 0 Å². The molecule has 2 aromatic rings. The normalized spacial score (nSPS) is 11.0. The zero-order chi connectivity index (χ0) is 17.9. The van der Waals surface area contributed by atoms with Crippen molar-refractivity contribution in [2.75, 3.05) is 0 Å². The van der Waals surface area contributed by atoms with Gasteiger partial charge in [0.1, 0.15) is 0 Å². The van der Waals surface area contributed by atoms with Crippen molar-refractivity contribution in [1.82, 2.24) is 10.4 Å². The summed E-state index contributed by atoms with van der Waals surface area (Å²) >= 11 is 0. The summed E-state index contributed by atoms with van der Waals surface area (Å²) in [6.45, 7) is 9.57. The molecule has 0 spiro atoms. The van der Waals surface area contributed by atoms with E-state index in [2.05, 4.69) is 5.43 Å². The first-order chi connectivity index (χ1) is 11.2. The summed E-state index contributed by atoms with van der Waals surface area (Å²) in [4.78, 5) is 25.4. The molecule has 0 aliphatic rings. The number of benzene rings is 2. The molecule has 0 aliphatic heterocycles. The second kappa shape index (κ2) is 6.87. The Morgan fingerprint density at radius 1 is 0.875 bits per heavy atom. The fourth-order valence-corrected chi connectivity index (χ4v) is 2.51. The van der Waals surface area contributed by atoms with Crippen LogP contribution in [0.25, 0.3) is 0 Å². The van der Waals surface area contributed by atoms with Gasteiger partial charge in [-0.1, -0.05) is 35.4 Å². The number of nitrogens with one attached hydrogen (secondary N) is 1. The van der Waals surface area contributed by atoms with Crippen LogP contribution >= 0.6 is 0 Å². The number of hydrogen-bond acceptors (Lipinski definition) is 2. The van der Waals surface area contributed by atoms with E-state index in [1.807, 2.05) is 58.9 Å². The Morgan fingerprint density at radius 3 is 1.92 bits per heavy atom. The summed E-state index contributed by atoms with van der Waals surface area (Å²) in [5.74, 6) is -0.526. The summed E-state index contributed by atoms with van der Waals surface area (Å²) in [7, 11) is 0. The summed E-state index contributed by atoms with van der Waals surface area (Å²) < 4.78 is 0. The van der Waals surface area contributed by atoms with Gasteiger partial charge < -0.3 is 0 Å². The van der Waals surface area contributed by atoms with Gasteiger partial charge in [0.05, 0.1) is 5.54 Å². The molecule has 0 saturated heterocycles. The lowest BCUT2D eigenvalue weighted by molar-refractivity contribution is 0.0358. The number of carbonyl (C=O) groups excluding carboxylic acids is 2. The van der Waals surface area contributed by atoms with Crippen molar-refractivity contribution in [2.45, 2.75) is 40.2 Å². The molecule has 0 saturated carbocycles. The van der Waals surface area contributed by atoms with Crippen LogP contribution in [0, 0.1) is 13.8 Å². The van der Waals surface area contributed by atoms with E-state index in [1.54, 1.807) is 24.3 Å². The topological polar surface area (TPSA) is 49.4 Å². The SMILES string of the molecule is Cc1cc(C)cc(C(=O)N(NC(=O)c2ccccc2)C(C)(C)C)c1. The standard InChI is InChI=1S/C20H24N2O2/c1-14-11-15(2)13-17(12-14)19(24)22(20(3,4)5)21-18(23)16-9-7-6-8-10-16/h6-13H,1-5H3,(H,21,23). The predicted molar refractivity (Wildman–Crippen MR) is 95.7 cm³/mol. The van der Waals surface area contributed by atoms with E-state index in [9.17, 15) is 9.59 Å². The molecule has 4 nitrogen and oxygen atoms in total. The van der Waals surface area contributed by atoms with Crippen LogP contribution in [0.1, 0.15) is 52.6 Å². The first kappa shape index (κ1) is 17.7. The number of hydrazine groups is 1. The van der Waals surface area contributed by atoms with Crippen LogP contribution in [0.15, 0.2) is 48.5 Å². The first-order valence-corrected chi connectivity index (χ1v) is 7.97. The molecule has 0 aliphatic carbocycles. The van der Waals surface area contributed by atoms with Gasteiger partial charge in [-0.3, -0.25) is 15.0 Å². The molecule has 0 bridgehead atoms. The van der Waals surface area contributed by atoms with Crippen molar-refractivity contribution in [2.24, 2.45) is 0 Å². The van der Waals surface area contributed by atoms with Crippen LogP contribution in [-0.2, 0) is 0 Å². The smallest absolute Gasteiger partial charge is 0.267 e. The second-order valence-corrected chi connectivity index (χ2v) is 6.99. The average molecular weight is 324 g/mol. The Bertz CT molecular complexity index is 726. The maximum absolute atomic E-state index is 13.0. The van der Waals surface area contributed by atoms with Gasteiger partial charge in [0.15, 0.2) is 0 Å². The summed E-state index contributed by atoms with van der Waals surface area (Å²) in [5, 5.41) is 1.40. The predicted octanol–water partition coefficient (Wildman–Crippen LogP) is 3.89. The molecular weight excluding hydrogens is 300 g/mol. The Morgan fingerprint density at radius 2 is 1.42 bits per heavy atom. The van der Waals surface area contributed by atoms with E-state index in [1.165, 1.54) is 5.01 Å². The number of amides is 2. The molecule has 2 aromatic carbocycles. The average Bonchev–Trinajstić information content (AvgIpc) is 2.50. The lowest BCUT2D eigenvalue weighted by Crippen LogP contribution is -2.55. The minimum atomic E-state index is -0.556. The zero-order valence-electron chi connectivity index (χ0n) is 14.9. The van der Waals surface area contributed by atoms with Crippen molar-refractivity contribution in [3.63, 3.8) is 0 Å². The lowest BCUT2D eigenvalue weighted by atomic mass is 10.0. The van der Waals surface area contributed by atoms with E-state index < -0.39 is 5.54 Å². The largest absolute Gasteiger partial charge is 0.272 e. The van der Waals surface area contributed by atoms with Gasteiger partial charge in [-0.25, -0.2) is 5.01 Å². The number of hydrogen-bond donors (Lipinski definition) is 1. The highest BCUT2D eigenvalue weighted by Crippen LogP contribution is 2.18. The highest BCUT2D eigenvalue weighted by atomic mass is 16.2. The Balaban J connectivity index is 2.32. The molecule has 126 valence electrons. The quantitative estimate of drug-likeness (QED) is 0.852. The van der Waals surface area contributed by atoms with Crippen molar-refractivity contribution >= 4 is 11.8 Å². The van der Waals surface area contributed by atoms with Gasteiger partial charge in [-0.2, -0.15) is 0 Å². The highest BCUT2D eigenvalue weighted by molar-refractivity contribution is 5.99. The maximum atomic E-state index is 13.0. The Labute approximate surface area is 143 Å². The summed E-state index contributed by atoms with van der Waals surface area (Å²) in [5.41, 5.74) is 5.31. The molecule has 0 unspecified atom stereocenters. The fraction of sp³-hybridized carbons (Fsp3) is 0.300. The number of rotatable bonds is 2.